The number of fused-ring (bicyclic) bond motifs is 1. The molecular formula is C19H21ClN4O2S. The number of nitrogens with zero attached hydrogens (tertiary/aromatic N) is 3. The number of carbonyl (C=O) groups excluding carboxylic acids is 1. The molecule has 27 heavy (non-hydrogen) atoms. The zero-order valence-corrected chi connectivity index (χ0v) is 16.8. The van der Waals surface area contributed by atoms with E-state index in [0.29, 0.717) is 10.8 Å². The van der Waals surface area contributed by atoms with E-state index >= 15 is 0 Å². The van der Waals surface area contributed by atoms with Gasteiger partial charge in [-0.1, -0.05) is 17.7 Å². The van der Waals surface area contributed by atoms with Crippen LogP contribution in [0.5, 0.6) is 5.75 Å². The van der Waals surface area contributed by atoms with E-state index in [2.05, 4.69) is 15.5 Å². The maximum Gasteiger partial charge on any atom is 0.258 e. The van der Waals surface area contributed by atoms with Crippen molar-refractivity contribution < 1.29 is 9.53 Å². The van der Waals surface area contributed by atoms with Gasteiger partial charge in [0.1, 0.15) is 5.75 Å². The summed E-state index contributed by atoms with van der Waals surface area (Å²) in [6, 6.07) is 10.8. The van der Waals surface area contributed by atoms with Gasteiger partial charge in [-0.15, -0.1) is 10.2 Å². The molecule has 0 saturated heterocycles. The molecule has 0 aliphatic heterocycles. The van der Waals surface area contributed by atoms with Gasteiger partial charge >= 0.3 is 0 Å². The molecule has 3 rings (SSSR count). The number of aromatic nitrogens is 3. The Kier molecular flexibility index (Phi) is 6.58. The first-order chi connectivity index (χ1) is 13.1. The lowest BCUT2D eigenvalue weighted by atomic mass is 10.2. The highest BCUT2D eigenvalue weighted by atomic mass is 35.5. The van der Waals surface area contributed by atoms with Crippen LogP contribution in [0.1, 0.15) is 23.9 Å². The van der Waals surface area contributed by atoms with Crippen molar-refractivity contribution in [3.8, 4) is 5.75 Å². The molecule has 142 valence electrons. The van der Waals surface area contributed by atoms with E-state index in [0.717, 1.165) is 29.2 Å². The fourth-order valence-corrected chi connectivity index (χ4v) is 3.28. The number of benzene rings is 1. The summed E-state index contributed by atoms with van der Waals surface area (Å²) < 4.78 is 7.49. The first kappa shape index (κ1) is 19.5. The summed E-state index contributed by atoms with van der Waals surface area (Å²) in [5.74, 6) is 2.02. The number of carbonyl (C=O) groups is 1. The molecule has 1 aromatic carbocycles. The van der Waals surface area contributed by atoms with Gasteiger partial charge in [0.05, 0.1) is 6.04 Å². The third kappa shape index (κ3) is 4.93. The Hall–Kier alpha value is -2.25. The standard InChI is InChI=1S/C19H21ClN4O2S/c1-13-11-14(6-7-15(13)20)26-12-18(25)21-16(8-10-27-2)19-23-22-17-5-3-4-9-24(17)19/h3-7,9,11,16H,8,10,12H2,1-2H3,(H,21,25)/t16-/m0/s1. The number of ether oxygens (including phenoxy) is 1. The van der Waals surface area contributed by atoms with Crippen molar-refractivity contribution in [2.24, 2.45) is 0 Å². The Morgan fingerprint density at radius 1 is 1.33 bits per heavy atom. The van der Waals surface area contributed by atoms with Crippen LogP contribution in [0.4, 0.5) is 0 Å². The van der Waals surface area contributed by atoms with Crippen molar-refractivity contribution in [3.05, 3.63) is 59.0 Å². The lowest BCUT2D eigenvalue weighted by molar-refractivity contribution is -0.123. The minimum Gasteiger partial charge on any atom is -0.484 e. The Morgan fingerprint density at radius 3 is 2.96 bits per heavy atom. The highest BCUT2D eigenvalue weighted by molar-refractivity contribution is 7.98. The molecular weight excluding hydrogens is 384 g/mol. The molecule has 0 aliphatic rings. The molecule has 0 saturated carbocycles. The summed E-state index contributed by atoms with van der Waals surface area (Å²) >= 11 is 7.73. The van der Waals surface area contributed by atoms with Crippen molar-refractivity contribution in [2.75, 3.05) is 18.6 Å². The number of hydrogen-bond acceptors (Lipinski definition) is 5. The van der Waals surface area contributed by atoms with Gasteiger partial charge in [-0.3, -0.25) is 9.20 Å². The molecule has 3 aromatic rings. The van der Waals surface area contributed by atoms with Gasteiger partial charge in [-0.2, -0.15) is 11.8 Å². The Bertz CT molecular complexity index is 931. The van der Waals surface area contributed by atoms with Crippen molar-refractivity contribution >= 4 is 34.9 Å². The molecule has 2 heterocycles. The van der Waals surface area contributed by atoms with E-state index in [9.17, 15) is 4.79 Å². The summed E-state index contributed by atoms with van der Waals surface area (Å²) in [6.45, 7) is 1.82. The maximum absolute atomic E-state index is 12.4. The zero-order chi connectivity index (χ0) is 19.2. The van der Waals surface area contributed by atoms with E-state index in [1.807, 2.05) is 48.0 Å². The largest absolute Gasteiger partial charge is 0.484 e. The molecule has 2 aromatic heterocycles. The normalized spacial score (nSPS) is 12.1. The molecule has 0 spiro atoms. The number of rotatable bonds is 8. The quantitative estimate of drug-likeness (QED) is 0.620. The number of thioether (sulfide) groups is 1. The van der Waals surface area contributed by atoms with Crippen LogP contribution in [0.2, 0.25) is 5.02 Å². The van der Waals surface area contributed by atoms with Crippen LogP contribution in [0.25, 0.3) is 5.65 Å². The van der Waals surface area contributed by atoms with Gasteiger partial charge in [0.2, 0.25) is 0 Å². The molecule has 8 heteroatoms. The van der Waals surface area contributed by atoms with Crippen molar-refractivity contribution in [3.63, 3.8) is 0 Å². The Labute approximate surface area is 167 Å². The molecule has 0 unspecified atom stereocenters. The fourth-order valence-electron chi connectivity index (χ4n) is 2.69. The molecule has 0 radical (unpaired) electrons. The van der Waals surface area contributed by atoms with E-state index in [-0.39, 0.29) is 18.6 Å². The Balaban J connectivity index is 1.68. The highest BCUT2D eigenvalue weighted by Crippen LogP contribution is 2.21. The van der Waals surface area contributed by atoms with E-state index in [1.54, 1.807) is 23.9 Å². The second-order valence-corrected chi connectivity index (χ2v) is 7.48. The van der Waals surface area contributed by atoms with Gasteiger partial charge in [-0.05, 0) is 61.2 Å². The summed E-state index contributed by atoms with van der Waals surface area (Å²) in [4.78, 5) is 12.4. The first-order valence-electron chi connectivity index (χ1n) is 8.55. The molecule has 0 aliphatic carbocycles. The highest BCUT2D eigenvalue weighted by Gasteiger charge is 2.20. The minimum atomic E-state index is -0.238. The van der Waals surface area contributed by atoms with E-state index in [4.69, 9.17) is 16.3 Å². The number of amides is 1. The smallest absolute Gasteiger partial charge is 0.258 e. The third-order valence-electron chi connectivity index (χ3n) is 4.10. The van der Waals surface area contributed by atoms with Crippen molar-refractivity contribution in [1.82, 2.24) is 19.9 Å². The average molecular weight is 405 g/mol. The van der Waals surface area contributed by atoms with E-state index in [1.165, 1.54) is 0 Å². The predicted molar refractivity (Wildman–Crippen MR) is 109 cm³/mol. The molecule has 1 N–H and O–H groups in total. The van der Waals surface area contributed by atoms with Crippen LogP contribution in [-0.4, -0.2) is 39.1 Å². The van der Waals surface area contributed by atoms with Crippen LogP contribution in [0, 0.1) is 6.92 Å². The molecule has 0 fully saturated rings. The van der Waals surface area contributed by atoms with Gasteiger partial charge < -0.3 is 10.1 Å². The van der Waals surface area contributed by atoms with Crippen LogP contribution in [0.3, 0.4) is 0 Å². The maximum atomic E-state index is 12.4. The van der Waals surface area contributed by atoms with Crippen LogP contribution in [-0.2, 0) is 4.79 Å². The van der Waals surface area contributed by atoms with Crippen LogP contribution >= 0.6 is 23.4 Å². The number of hydrogen-bond donors (Lipinski definition) is 1. The van der Waals surface area contributed by atoms with Crippen LogP contribution in [0.15, 0.2) is 42.6 Å². The second kappa shape index (κ2) is 9.10. The molecule has 1 amide bonds. The SMILES string of the molecule is CSCC[C@H](NC(=O)COc1ccc(Cl)c(C)c1)c1nnc2ccccn12. The molecule has 1 atom stereocenters. The van der Waals surface area contributed by atoms with E-state index < -0.39 is 0 Å². The number of aryl methyl sites for hydroxylation is 1. The number of halogens is 1. The third-order valence-corrected chi connectivity index (χ3v) is 5.17. The molecule has 0 bridgehead atoms. The van der Waals surface area contributed by atoms with Gasteiger partial charge in [0.15, 0.2) is 18.1 Å². The summed E-state index contributed by atoms with van der Waals surface area (Å²) in [5, 5.41) is 12.1. The monoisotopic (exact) mass is 404 g/mol. The summed E-state index contributed by atoms with van der Waals surface area (Å²) in [6.07, 6.45) is 4.69. The minimum absolute atomic E-state index is 0.0758. The zero-order valence-electron chi connectivity index (χ0n) is 15.2. The summed E-state index contributed by atoms with van der Waals surface area (Å²) in [7, 11) is 0. The van der Waals surface area contributed by atoms with Crippen molar-refractivity contribution in [2.45, 2.75) is 19.4 Å². The Morgan fingerprint density at radius 2 is 2.19 bits per heavy atom. The number of nitrogens with one attached hydrogen (secondary N) is 1. The summed E-state index contributed by atoms with van der Waals surface area (Å²) in [5.41, 5.74) is 1.66. The fraction of sp³-hybridized carbons (Fsp3) is 0.316. The number of pyridine rings is 1. The second-order valence-electron chi connectivity index (χ2n) is 6.09. The topological polar surface area (TPSA) is 68.5 Å². The lowest BCUT2D eigenvalue weighted by Crippen LogP contribution is -2.34. The van der Waals surface area contributed by atoms with Gasteiger partial charge in [0.25, 0.3) is 5.91 Å². The lowest BCUT2D eigenvalue weighted by Gasteiger charge is -2.17. The first-order valence-corrected chi connectivity index (χ1v) is 10.3. The van der Waals surface area contributed by atoms with Gasteiger partial charge in [-0.25, -0.2) is 0 Å². The van der Waals surface area contributed by atoms with Gasteiger partial charge in [0, 0.05) is 11.2 Å². The predicted octanol–water partition coefficient (Wildman–Crippen LogP) is 3.68. The molecule has 6 nitrogen and oxygen atoms in total. The van der Waals surface area contributed by atoms with Crippen LogP contribution < -0.4 is 10.1 Å². The van der Waals surface area contributed by atoms with Crippen molar-refractivity contribution in [1.29, 1.82) is 0 Å². The average Bonchev–Trinajstić information content (AvgIpc) is 3.10.